The maximum absolute atomic E-state index is 11.0. The summed E-state index contributed by atoms with van der Waals surface area (Å²) >= 11 is 0. The Bertz CT molecular complexity index is 518. The lowest BCUT2D eigenvalue weighted by atomic mass is 9.96. The van der Waals surface area contributed by atoms with Crippen molar-refractivity contribution in [1.82, 2.24) is 5.32 Å². The summed E-state index contributed by atoms with van der Waals surface area (Å²) < 4.78 is 0. The molecule has 1 fully saturated rings. The molecule has 1 aromatic carbocycles. The minimum Gasteiger partial charge on any atom is -0.379 e. The third-order valence-corrected chi connectivity index (χ3v) is 3.59. The summed E-state index contributed by atoms with van der Waals surface area (Å²) in [5.41, 5.74) is 0.876. The standard InChI is InChI=1S/C14H18N4O2/c15-9-12-3-4-14(18(19)20)13(8-12)17-7-5-11-2-1-6-16-10-11/h3-4,8,11,16-17H,1-2,5-7,10H2. The molecule has 0 saturated carbocycles. The fraction of sp³-hybridized carbons (Fsp3) is 0.500. The van der Waals surface area contributed by atoms with Gasteiger partial charge in [-0.15, -0.1) is 0 Å². The van der Waals surface area contributed by atoms with Crippen molar-refractivity contribution in [3.63, 3.8) is 0 Å². The van der Waals surface area contributed by atoms with E-state index in [1.165, 1.54) is 31.0 Å². The maximum Gasteiger partial charge on any atom is 0.292 e. The number of nitriles is 1. The molecule has 1 atom stereocenters. The minimum atomic E-state index is -0.425. The number of nitro groups is 1. The smallest absolute Gasteiger partial charge is 0.292 e. The van der Waals surface area contributed by atoms with Gasteiger partial charge in [0, 0.05) is 12.6 Å². The highest BCUT2D eigenvalue weighted by Crippen LogP contribution is 2.25. The normalized spacial score (nSPS) is 18.2. The molecule has 0 amide bonds. The lowest BCUT2D eigenvalue weighted by Gasteiger charge is -2.22. The first-order valence-electron chi connectivity index (χ1n) is 6.84. The van der Waals surface area contributed by atoms with Crippen molar-refractivity contribution in [2.45, 2.75) is 19.3 Å². The van der Waals surface area contributed by atoms with E-state index in [4.69, 9.17) is 5.26 Å². The highest BCUT2D eigenvalue weighted by atomic mass is 16.6. The first-order valence-corrected chi connectivity index (χ1v) is 6.84. The van der Waals surface area contributed by atoms with Crippen LogP contribution in [0.2, 0.25) is 0 Å². The van der Waals surface area contributed by atoms with Gasteiger partial charge in [-0.2, -0.15) is 5.26 Å². The lowest BCUT2D eigenvalue weighted by molar-refractivity contribution is -0.384. The van der Waals surface area contributed by atoms with Gasteiger partial charge in [-0.25, -0.2) is 0 Å². The van der Waals surface area contributed by atoms with E-state index >= 15 is 0 Å². The zero-order chi connectivity index (χ0) is 14.4. The van der Waals surface area contributed by atoms with Crippen molar-refractivity contribution in [2.75, 3.05) is 25.0 Å². The quantitative estimate of drug-likeness (QED) is 0.635. The summed E-state index contributed by atoms with van der Waals surface area (Å²) in [5.74, 6) is 0.620. The number of rotatable bonds is 5. The highest BCUT2D eigenvalue weighted by molar-refractivity contribution is 5.64. The molecule has 2 rings (SSSR count). The Kier molecular flexibility index (Phi) is 4.91. The van der Waals surface area contributed by atoms with Gasteiger partial charge in [0.05, 0.1) is 16.6 Å². The van der Waals surface area contributed by atoms with E-state index in [1.54, 1.807) is 0 Å². The molecule has 1 aliphatic heterocycles. The summed E-state index contributed by atoms with van der Waals surface area (Å²) in [7, 11) is 0. The van der Waals surface area contributed by atoms with E-state index in [0.717, 1.165) is 19.5 Å². The second-order valence-corrected chi connectivity index (χ2v) is 5.03. The van der Waals surface area contributed by atoms with E-state index in [-0.39, 0.29) is 5.69 Å². The molecular formula is C14H18N4O2. The molecule has 20 heavy (non-hydrogen) atoms. The van der Waals surface area contributed by atoms with E-state index in [2.05, 4.69) is 10.6 Å². The fourth-order valence-electron chi connectivity index (χ4n) is 2.49. The maximum atomic E-state index is 11.0. The molecule has 1 unspecified atom stereocenters. The molecule has 0 radical (unpaired) electrons. The Hall–Kier alpha value is -2.13. The molecule has 1 aromatic rings. The Balaban J connectivity index is 1.96. The number of nitrogens with one attached hydrogen (secondary N) is 2. The van der Waals surface area contributed by atoms with Gasteiger partial charge in [-0.3, -0.25) is 10.1 Å². The average Bonchev–Trinajstić information content (AvgIpc) is 2.48. The van der Waals surface area contributed by atoms with E-state index in [0.29, 0.717) is 23.7 Å². The molecule has 0 spiro atoms. The number of nitrogens with zero attached hydrogens (tertiary/aromatic N) is 2. The zero-order valence-electron chi connectivity index (χ0n) is 11.3. The first-order chi connectivity index (χ1) is 9.70. The zero-order valence-corrected chi connectivity index (χ0v) is 11.3. The van der Waals surface area contributed by atoms with Gasteiger partial charge < -0.3 is 10.6 Å². The van der Waals surface area contributed by atoms with Crippen LogP contribution in [0.15, 0.2) is 18.2 Å². The fourth-order valence-corrected chi connectivity index (χ4v) is 2.49. The molecule has 6 nitrogen and oxygen atoms in total. The molecular weight excluding hydrogens is 256 g/mol. The summed E-state index contributed by atoms with van der Waals surface area (Å²) in [6.45, 7) is 2.78. The molecule has 1 heterocycles. The Morgan fingerprint density at radius 2 is 2.40 bits per heavy atom. The summed E-state index contributed by atoms with van der Waals surface area (Å²) in [4.78, 5) is 10.5. The van der Waals surface area contributed by atoms with Crippen LogP contribution in [-0.4, -0.2) is 24.6 Å². The highest BCUT2D eigenvalue weighted by Gasteiger charge is 2.16. The number of nitro benzene ring substituents is 1. The predicted octanol–water partition coefficient (Wildman–Crippen LogP) is 2.27. The van der Waals surface area contributed by atoms with Gasteiger partial charge in [-0.05, 0) is 50.4 Å². The Morgan fingerprint density at radius 3 is 3.05 bits per heavy atom. The van der Waals surface area contributed by atoms with Gasteiger partial charge in [0.1, 0.15) is 5.69 Å². The largest absolute Gasteiger partial charge is 0.379 e. The van der Waals surface area contributed by atoms with Gasteiger partial charge in [-0.1, -0.05) is 0 Å². The van der Waals surface area contributed by atoms with Crippen molar-refractivity contribution in [3.05, 3.63) is 33.9 Å². The van der Waals surface area contributed by atoms with Crippen molar-refractivity contribution < 1.29 is 4.92 Å². The van der Waals surface area contributed by atoms with Crippen molar-refractivity contribution in [2.24, 2.45) is 5.92 Å². The topological polar surface area (TPSA) is 91.0 Å². The van der Waals surface area contributed by atoms with Crippen molar-refractivity contribution in [1.29, 1.82) is 5.26 Å². The second-order valence-electron chi connectivity index (χ2n) is 5.03. The van der Waals surface area contributed by atoms with Gasteiger partial charge in [0.2, 0.25) is 0 Å². The minimum absolute atomic E-state index is 0.0192. The number of benzene rings is 1. The monoisotopic (exact) mass is 274 g/mol. The molecule has 1 aliphatic rings. The molecule has 0 aliphatic carbocycles. The van der Waals surface area contributed by atoms with Crippen LogP contribution in [0.4, 0.5) is 11.4 Å². The van der Waals surface area contributed by atoms with Crippen LogP contribution in [0.25, 0.3) is 0 Å². The van der Waals surface area contributed by atoms with Crippen LogP contribution in [0.5, 0.6) is 0 Å². The van der Waals surface area contributed by atoms with E-state index < -0.39 is 4.92 Å². The molecule has 1 saturated heterocycles. The molecule has 2 N–H and O–H groups in total. The van der Waals surface area contributed by atoms with Gasteiger partial charge >= 0.3 is 0 Å². The lowest BCUT2D eigenvalue weighted by Crippen LogP contribution is -2.30. The Morgan fingerprint density at radius 1 is 1.55 bits per heavy atom. The summed E-state index contributed by atoms with van der Waals surface area (Å²) in [6.07, 6.45) is 3.37. The number of hydrogen-bond donors (Lipinski definition) is 2. The molecule has 0 bridgehead atoms. The van der Waals surface area contributed by atoms with Crippen LogP contribution >= 0.6 is 0 Å². The number of hydrogen-bond acceptors (Lipinski definition) is 5. The average molecular weight is 274 g/mol. The van der Waals surface area contributed by atoms with E-state index in [9.17, 15) is 10.1 Å². The SMILES string of the molecule is N#Cc1ccc([N+](=O)[O-])c(NCCC2CCCNC2)c1. The Labute approximate surface area is 117 Å². The first kappa shape index (κ1) is 14.3. The van der Waals surface area contributed by atoms with Crippen molar-refractivity contribution in [3.8, 4) is 6.07 Å². The molecule has 0 aromatic heterocycles. The van der Waals surface area contributed by atoms with Crippen LogP contribution in [0.1, 0.15) is 24.8 Å². The molecule has 6 heteroatoms. The second kappa shape index (κ2) is 6.87. The van der Waals surface area contributed by atoms with E-state index in [1.807, 2.05) is 6.07 Å². The predicted molar refractivity (Wildman–Crippen MR) is 76.5 cm³/mol. The third kappa shape index (κ3) is 3.68. The van der Waals surface area contributed by atoms with Crippen LogP contribution in [0, 0.1) is 27.4 Å². The van der Waals surface area contributed by atoms with Gasteiger partial charge in [0.15, 0.2) is 0 Å². The summed E-state index contributed by atoms with van der Waals surface area (Å²) in [5, 5.41) is 26.3. The number of anilines is 1. The van der Waals surface area contributed by atoms with Crippen LogP contribution < -0.4 is 10.6 Å². The van der Waals surface area contributed by atoms with Crippen LogP contribution in [-0.2, 0) is 0 Å². The van der Waals surface area contributed by atoms with Crippen LogP contribution in [0.3, 0.4) is 0 Å². The van der Waals surface area contributed by atoms with Crippen molar-refractivity contribution >= 4 is 11.4 Å². The summed E-state index contributed by atoms with van der Waals surface area (Å²) in [6, 6.07) is 6.38. The van der Waals surface area contributed by atoms with Gasteiger partial charge in [0.25, 0.3) is 5.69 Å². The number of piperidine rings is 1. The molecule has 106 valence electrons. The third-order valence-electron chi connectivity index (χ3n) is 3.59.